The molecule has 1 aromatic rings. The Labute approximate surface area is 187 Å². The average molecular weight is 441 g/mol. The maximum atomic E-state index is 13.0. The zero-order valence-electron chi connectivity index (χ0n) is 18.8. The first-order chi connectivity index (χ1) is 15.4. The highest BCUT2D eigenvalue weighted by Gasteiger charge is 2.62. The van der Waals surface area contributed by atoms with E-state index in [0.717, 1.165) is 36.4 Å². The molecule has 5 rings (SSSR count). The Morgan fingerprint density at radius 3 is 2.59 bits per heavy atom. The molecule has 1 N–H and O–H groups in total. The van der Waals surface area contributed by atoms with E-state index in [4.69, 9.17) is 19.2 Å². The Hall–Kier alpha value is -3.07. The SMILES string of the molecule is COC(=O)C1=C(C(=O)OC)C2N(C)c3ccc(N4CCOCC4)cc3[C@@]23C[C@@H](C)N=C3N1. The third-order valence-corrected chi connectivity index (χ3v) is 7.04. The maximum Gasteiger partial charge on any atom is 0.355 e. The molecule has 1 unspecified atom stereocenters. The standard InChI is InChI=1S/C23H28N4O5/c1-13-12-23-15-11-14(27-7-9-32-10-8-27)5-6-16(15)26(2)19(23)17(20(28)30-3)18(21(29)31-4)25-22(23)24-13/h5-6,11,13,19H,7-10,12H2,1-4H3,(H,24,25)/t13-,19?,23+/m1/s1. The summed E-state index contributed by atoms with van der Waals surface area (Å²) in [6.07, 6.45) is 0.721. The van der Waals surface area contributed by atoms with Gasteiger partial charge in [-0.1, -0.05) is 0 Å². The first-order valence-corrected chi connectivity index (χ1v) is 10.9. The van der Waals surface area contributed by atoms with Gasteiger partial charge in [0.15, 0.2) is 0 Å². The van der Waals surface area contributed by atoms with Crippen LogP contribution in [0.3, 0.4) is 0 Å². The summed E-state index contributed by atoms with van der Waals surface area (Å²) in [6.45, 7) is 5.13. The fraction of sp³-hybridized carbons (Fsp3) is 0.522. The minimum absolute atomic E-state index is 0.0299. The number of esters is 2. The summed E-state index contributed by atoms with van der Waals surface area (Å²) >= 11 is 0. The van der Waals surface area contributed by atoms with E-state index in [1.165, 1.54) is 14.2 Å². The molecule has 0 bridgehead atoms. The highest BCUT2D eigenvalue weighted by atomic mass is 16.5. The van der Waals surface area contributed by atoms with Crippen molar-refractivity contribution in [1.29, 1.82) is 0 Å². The van der Waals surface area contributed by atoms with Gasteiger partial charge >= 0.3 is 11.9 Å². The topological polar surface area (TPSA) is 92.7 Å². The lowest BCUT2D eigenvalue weighted by Crippen LogP contribution is -2.59. The molecule has 0 saturated carbocycles. The Kier molecular flexibility index (Phi) is 4.88. The number of nitrogens with zero attached hydrogens (tertiary/aromatic N) is 3. The Morgan fingerprint density at radius 2 is 1.91 bits per heavy atom. The van der Waals surface area contributed by atoms with E-state index in [9.17, 15) is 9.59 Å². The van der Waals surface area contributed by atoms with Gasteiger partial charge in [-0.25, -0.2) is 9.59 Å². The number of carbonyl (C=O) groups excluding carboxylic acids is 2. The Morgan fingerprint density at radius 1 is 1.19 bits per heavy atom. The van der Waals surface area contributed by atoms with Crippen molar-refractivity contribution in [2.24, 2.45) is 4.99 Å². The third kappa shape index (κ3) is 2.76. The summed E-state index contributed by atoms with van der Waals surface area (Å²) in [4.78, 5) is 34.9. The number of carbonyl (C=O) groups is 2. The maximum absolute atomic E-state index is 13.0. The van der Waals surface area contributed by atoms with Gasteiger partial charge in [0, 0.05) is 31.5 Å². The molecule has 0 aromatic heterocycles. The van der Waals surface area contributed by atoms with Crippen LogP contribution in [-0.2, 0) is 29.2 Å². The van der Waals surface area contributed by atoms with Gasteiger partial charge in [-0.05, 0) is 37.1 Å². The van der Waals surface area contributed by atoms with Crippen LogP contribution in [0.15, 0.2) is 34.5 Å². The van der Waals surface area contributed by atoms with Gasteiger partial charge in [-0.15, -0.1) is 0 Å². The molecule has 4 heterocycles. The van der Waals surface area contributed by atoms with Crippen LogP contribution in [0.4, 0.5) is 11.4 Å². The Balaban J connectivity index is 1.71. The molecule has 0 aliphatic carbocycles. The van der Waals surface area contributed by atoms with Crippen LogP contribution in [0.1, 0.15) is 18.9 Å². The molecule has 170 valence electrons. The molecule has 1 aromatic carbocycles. The largest absolute Gasteiger partial charge is 0.466 e. The number of benzene rings is 1. The molecular formula is C23H28N4O5. The number of rotatable bonds is 3. The smallest absolute Gasteiger partial charge is 0.355 e. The predicted molar refractivity (Wildman–Crippen MR) is 119 cm³/mol. The molecule has 1 fully saturated rings. The van der Waals surface area contributed by atoms with Gasteiger partial charge < -0.3 is 29.3 Å². The average Bonchev–Trinajstić information content (AvgIpc) is 3.29. The lowest BCUT2D eigenvalue weighted by Gasteiger charge is -2.41. The summed E-state index contributed by atoms with van der Waals surface area (Å²) in [5.41, 5.74) is 3.04. The summed E-state index contributed by atoms with van der Waals surface area (Å²) < 4.78 is 15.6. The molecule has 1 saturated heterocycles. The number of hydrogen-bond donors (Lipinski definition) is 1. The van der Waals surface area contributed by atoms with Gasteiger partial charge in [0.25, 0.3) is 0 Å². The first-order valence-electron chi connectivity index (χ1n) is 10.9. The second kappa shape index (κ2) is 7.51. The van der Waals surface area contributed by atoms with Crippen LogP contribution in [0.5, 0.6) is 0 Å². The summed E-state index contributed by atoms with van der Waals surface area (Å²) in [5, 5.41) is 3.18. The molecule has 32 heavy (non-hydrogen) atoms. The number of likely N-dealkylation sites (N-methyl/N-ethyl adjacent to an activating group) is 1. The van der Waals surface area contributed by atoms with E-state index in [1.807, 2.05) is 7.05 Å². The van der Waals surface area contributed by atoms with Gasteiger partial charge in [0.05, 0.1) is 50.5 Å². The number of ether oxygens (including phenoxy) is 3. The molecule has 3 atom stereocenters. The summed E-state index contributed by atoms with van der Waals surface area (Å²) in [7, 11) is 4.58. The Bertz CT molecular complexity index is 1040. The minimum Gasteiger partial charge on any atom is -0.466 e. The second-order valence-corrected chi connectivity index (χ2v) is 8.71. The number of hydrogen-bond acceptors (Lipinski definition) is 9. The van der Waals surface area contributed by atoms with Crippen molar-refractivity contribution in [2.45, 2.75) is 30.8 Å². The zero-order chi connectivity index (χ0) is 22.6. The van der Waals surface area contributed by atoms with Crippen LogP contribution in [0.2, 0.25) is 0 Å². The van der Waals surface area contributed by atoms with Gasteiger partial charge in [-0.2, -0.15) is 0 Å². The number of morpholine rings is 1. The number of amidine groups is 1. The van der Waals surface area contributed by atoms with Crippen molar-refractivity contribution < 1.29 is 23.8 Å². The van der Waals surface area contributed by atoms with Crippen LogP contribution in [0.25, 0.3) is 0 Å². The molecule has 0 amide bonds. The second-order valence-electron chi connectivity index (χ2n) is 8.71. The van der Waals surface area contributed by atoms with E-state index in [0.29, 0.717) is 19.0 Å². The van der Waals surface area contributed by atoms with E-state index >= 15 is 0 Å². The van der Waals surface area contributed by atoms with E-state index in [-0.39, 0.29) is 17.3 Å². The molecule has 1 spiro atoms. The summed E-state index contributed by atoms with van der Waals surface area (Å²) in [5.74, 6) is -0.457. The fourth-order valence-electron chi connectivity index (χ4n) is 5.74. The van der Waals surface area contributed by atoms with Crippen LogP contribution < -0.4 is 15.1 Å². The van der Waals surface area contributed by atoms with E-state index in [2.05, 4.69) is 40.2 Å². The normalized spacial score (nSPS) is 28.4. The third-order valence-electron chi connectivity index (χ3n) is 7.04. The first kappa shape index (κ1) is 20.8. The van der Waals surface area contributed by atoms with Gasteiger partial charge in [0.2, 0.25) is 0 Å². The van der Waals surface area contributed by atoms with Gasteiger partial charge in [0.1, 0.15) is 11.5 Å². The van der Waals surface area contributed by atoms with Crippen molar-refractivity contribution in [3.05, 3.63) is 35.0 Å². The van der Waals surface area contributed by atoms with Crippen LogP contribution in [0, 0.1) is 0 Å². The quantitative estimate of drug-likeness (QED) is 0.696. The van der Waals surface area contributed by atoms with Gasteiger partial charge in [-0.3, -0.25) is 4.99 Å². The van der Waals surface area contributed by atoms with Crippen molar-refractivity contribution in [1.82, 2.24) is 5.32 Å². The lowest BCUT2D eigenvalue weighted by molar-refractivity contribution is -0.140. The molecular weight excluding hydrogens is 412 g/mol. The number of anilines is 2. The number of aliphatic imine (C=N–C) groups is 1. The number of nitrogens with one attached hydrogen (secondary N) is 1. The van der Waals surface area contributed by atoms with Crippen molar-refractivity contribution in [2.75, 3.05) is 57.4 Å². The molecule has 9 heteroatoms. The van der Waals surface area contributed by atoms with Crippen LogP contribution >= 0.6 is 0 Å². The molecule has 0 radical (unpaired) electrons. The summed E-state index contributed by atoms with van der Waals surface area (Å²) in [6, 6.07) is 6.02. The van der Waals surface area contributed by atoms with Crippen LogP contribution in [-0.4, -0.2) is 77.4 Å². The van der Waals surface area contributed by atoms with Crippen molar-refractivity contribution in [3.8, 4) is 0 Å². The highest BCUT2D eigenvalue weighted by Crippen LogP contribution is 2.55. The minimum atomic E-state index is -0.611. The molecule has 4 aliphatic heterocycles. The van der Waals surface area contributed by atoms with E-state index in [1.54, 1.807) is 0 Å². The number of methoxy groups -OCH3 is 2. The fourth-order valence-corrected chi connectivity index (χ4v) is 5.74. The van der Waals surface area contributed by atoms with Crippen molar-refractivity contribution >= 4 is 29.1 Å². The monoisotopic (exact) mass is 440 g/mol. The van der Waals surface area contributed by atoms with Crippen molar-refractivity contribution in [3.63, 3.8) is 0 Å². The molecule has 4 aliphatic rings. The predicted octanol–water partition coefficient (Wildman–Crippen LogP) is 0.973. The number of fused-ring (bicyclic) bond motifs is 1. The van der Waals surface area contributed by atoms with E-state index < -0.39 is 23.4 Å². The molecule has 9 nitrogen and oxygen atoms in total. The lowest BCUT2D eigenvalue weighted by atomic mass is 9.68. The zero-order valence-corrected chi connectivity index (χ0v) is 18.8. The highest BCUT2D eigenvalue weighted by molar-refractivity contribution is 6.13.